The van der Waals surface area contributed by atoms with E-state index < -0.39 is 28.7 Å². The maximum atomic E-state index is 14.3. The normalized spacial score (nSPS) is 13.4. The van der Waals surface area contributed by atoms with E-state index in [1.54, 1.807) is 6.07 Å². The van der Waals surface area contributed by atoms with Gasteiger partial charge in [-0.1, -0.05) is 42.5 Å². The van der Waals surface area contributed by atoms with Crippen molar-refractivity contribution in [3.8, 4) is 5.75 Å². The molecule has 0 aliphatic carbocycles. The number of nitro benzene ring substituents is 1. The maximum absolute atomic E-state index is 14.3. The van der Waals surface area contributed by atoms with Gasteiger partial charge in [0, 0.05) is 18.2 Å². The Bertz CT molecular complexity index is 1230. The van der Waals surface area contributed by atoms with Gasteiger partial charge in [-0.15, -0.1) is 0 Å². The summed E-state index contributed by atoms with van der Waals surface area (Å²) in [6.45, 7) is 0.0667. The minimum atomic E-state index is -1.36. The summed E-state index contributed by atoms with van der Waals surface area (Å²) in [6.07, 6.45) is 0. The summed E-state index contributed by atoms with van der Waals surface area (Å²) in [7, 11) is 1.15. The number of carbonyl (C=O) groups excluding carboxylic acids is 2. The smallest absolute Gasteiger partial charge is 0.333 e. The van der Waals surface area contributed by atoms with Gasteiger partial charge in [0.25, 0.3) is 11.6 Å². The van der Waals surface area contributed by atoms with E-state index in [4.69, 9.17) is 9.47 Å². The Morgan fingerprint density at radius 3 is 2.61 bits per heavy atom. The van der Waals surface area contributed by atoms with Gasteiger partial charge in [-0.25, -0.2) is 9.18 Å². The molecular formula is C24H19FN2O6. The first-order valence-electron chi connectivity index (χ1n) is 10.0. The van der Waals surface area contributed by atoms with Gasteiger partial charge in [0.15, 0.2) is 6.04 Å². The molecule has 4 rings (SSSR count). The Balaban J connectivity index is 1.74. The van der Waals surface area contributed by atoms with Crippen LogP contribution in [0.5, 0.6) is 5.75 Å². The summed E-state index contributed by atoms with van der Waals surface area (Å²) in [6, 6.07) is 15.8. The second kappa shape index (κ2) is 9.07. The van der Waals surface area contributed by atoms with Crippen LogP contribution in [-0.4, -0.2) is 28.8 Å². The van der Waals surface area contributed by atoms with Crippen molar-refractivity contribution in [3.05, 3.63) is 105 Å². The minimum Gasteiger partial charge on any atom is -0.489 e. The van der Waals surface area contributed by atoms with E-state index in [2.05, 4.69) is 0 Å². The number of amides is 1. The topological polar surface area (TPSA) is 99.0 Å². The molecule has 33 heavy (non-hydrogen) atoms. The van der Waals surface area contributed by atoms with Crippen LogP contribution in [0, 0.1) is 15.9 Å². The number of methoxy groups -OCH3 is 1. The molecule has 168 valence electrons. The molecule has 0 saturated carbocycles. The lowest BCUT2D eigenvalue weighted by atomic mass is 10.0. The highest BCUT2D eigenvalue weighted by molar-refractivity contribution is 6.04. The monoisotopic (exact) mass is 450 g/mol. The molecule has 0 radical (unpaired) electrons. The van der Waals surface area contributed by atoms with Crippen LogP contribution in [0.2, 0.25) is 0 Å². The van der Waals surface area contributed by atoms with Crippen molar-refractivity contribution in [3.63, 3.8) is 0 Å². The van der Waals surface area contributed by atoms with Gasteiger partial charge < -0.3 is 14.4 Å². The summed E-state index contributed by atoms with van der Waals surface area (Å²) in [5, 5.41) is 11.4. The van der Waals surface area contributed by atoms with Crippen LogP contribution in [0.15, 0.2) is 66.7 Å². The molecule has 0 aromatic heterocycles. The quantitative estimate of drug-likeness (QED) is 0.304. The standard InChI is InChI=1S/C24H19FN2O6/c1-32-24(29)22(26-13-16-8-5-9-19(27(30)31)21(16)23(26)28)18-12-17(25)10-11-20(18)33-14-15-6-3-2-4-7-15/h2-12,22H,13-14H2,1H3. The first-order valence-corrected chi connectivity index (χ1v) is 10.0. The molecule has 1 atom stereocenters. The molecular weight excluding hydrogens is 431 g/mol. The van der Waals surface area contributed by atoms with Crippen LogP contribution in [0.4, 0.5) is 10.1 Å². The molecule has 1 aliphatic rings. The number of halogens is 1. The van der Waals surface area contributed by atoms with Crippen molar-refractivity contribution in [1.82, 2.24) is 4.90 Å². The lowest BCUT2D eigenvalue weighted by molar-refractivity contribution is -0.385. The third kappa shape index (κ3) is 4.25. The van der Waals surface area contributed by atoms with Gasteiger partial charge in [0.1, 0.15) is 23.7 Å². The van der Waals surface area contributed by atoms with Gasteiger partial charge in [-0.05, 0) is 29.3 Å². The predicted octanol–water partition coefficient (Wildman–Crippen LogP) is 4.18. The summed E-state index contributed by atoms with van der Waals surface area (Å²) in [5.41, 5.74) is 0.874. The average molecular weight is 450 g/mol. The van der Waals surface area contributed by atoms with Gasteiger partial charge in [-0.2, -0.15) is 0 Å². The summed E-state index contributed by atoms with van der Waals surface area (Å²) in [5.74, 6) is -1.99. The predicted molar refractivity (Wildman–Crippen MR) is 115 cm³/mol. The molecule has 1 heterocycles. The molecule has 1 amide bonds. The van der Waals surface area contributed by atoms with E-state index in [-0.39, 0.29) is 35.7 Å². The lowest BCUT2D eigenvalue weighted by Crippen LogP contribution is -2.35. The number of ether oxygens (including phenoxy) is 2. The highest BCUT2D eigenvalue weighted by atomic mass is 19.1. The number of nitrogens with zero attached hydrogens (tertiary/aromatic N) is 2. The maximum Gasteiger partial charge on any atom is 0.333 e. The van der Waals surface area contributed by atoms with Gasteiger partial charge in [0.2, 0.25) is 0 Å². The van der Waals surface area contributed by atoms with E-state index in [1.807, 2.05) is 30.3 Å². The van der Waals surface area contributed by atoms with Gasteiger partial charge in [0.05, 0.1) is 12.0 Å². The van der Waals surface area contributed by atoms with Crippen molar-refractivity contribution in [2.45, 2.75) is 19.2 Å². The number of esters is 1. The van der Waals surface area contributed by atoms with Crippen LogP contribution in [-0.2, 0) is 22.7 Å². The van der Waals surface area contributed by atoms with Crippen molar-refractivity contribution in [2.24, 2.45) is 0 Å². The second-order valence-corrected chi connectivity index (χ2v) is 7.38. The largest absolute Gasteiger partial charge is 0.489 e. The van der Waals surface area contributed by atoms with Crippen LogP contribution >= 0.6 is 0 Å². The number of nitro groups is 1. The van der Waals surface area contributed by atoms with E-state index in [0.29, 0.717) is 5.56 Å². The molecule has 0 N–H and O–H groups in total. The van der Waals surface area contributed by atoms with Gasteiger partial charge in [-0.3, -0.25) is 14.9 Å². The number of fused-ring (bicyclic) bond motifs is 1. The molecule has 1 unspecified atom stereocenters. The van der Waals surface area contributed by atoms with Gasteiger partial charge >= 0.3 is 5.97 Å². The molecule has 0 fully saturated rings. The molecule has 8 nitrogen and oxygen atoms in total. The Labute approximate surface area is 188 Å². The Morgan fingerprint density at radius 2 is 1.91 bits per heavy atom. The zero-order valence-corrected chi connectivity index (χ0v) is 17.6. The number of carbonyl (C=O) groups is 2. The highest BCUT2D eigenvalue weighted by Crippen LogP contribution is 2.39. The zero-order valence-electron chi connectivity index (χ0n) is 17.6. The zero-order chi connectivity index (χ0) is 23.5. The Morgan fingerprint density at radius 1 is 1.15 bits per heavy atom. The highest BCUT2D eigenvalue weighted by Gasteiger charge is 2.42. The first-order chi connectivity index (χ1) is 15.9. The van der Waals surface area contributed by atoms with Crippen LogP contribution in [0.25, 0.3) is 0 Å². The fraction of sp³-hybridized carbons (Fsp3) is 0.167. The first kappa shape index (κ1) is 21.9. The Kier molecular flexibility index (Phi) is 6.03. The molecule has 9 heteroatoms. The van der Waals surface area contributed by atoms with Crippen molar-refractivity contribution in [1.29, 1.82) is 0 Å². The summed E-state index contributed by atoms with van der Waals surface area (Å²) >= 11 is 0. The second-order valence-electron chi connectivity index (χ2n) is 7.38. The van der Waals surface area contributed by atoms with E-state index in [0.717, 1.165) is 23.6 Å². The average Bonchev–Trinajstić information content (AvgIpc) is 3.15. The molecule has 3 aromatic rings. The van der Waals surface area contributed by atoms with Crippen LogP contribution in [0.3, 0.4) is 0 Å². The molecule has 0 saturated heterocycles. The number of rotatable bonds is 7. The molecule has 1 aliphatic heterocycles. The van der Waals surface area contributed by atoms with E-state index in [9.17, 15) is 24.1 Å². The van der Waals surface area contributed by atoms with Crippen molar-refractivity contribution < 1.29 is 28.4 Å². The van der Waals surface area contributed by atoms with Crippen LogP contribution in [0.1, 0.15) is 33.1 Å². The SMILES string of the molecule is COC(=O)C(c1cc(F)ccc1OCc1ccccc1)N1Cc2cccc([N+](=O)[O-])c2C1=O. The van der Waals surface area contributed by atoms with E-state index in [1.165, 1.54) is 24.3 Å². The lowest BCUT2D eigenvalue weighted by Gasteiger charge is -2.27. The molecule has 0 bridgehead atoms. The number of hydrogen-bond donors (Lipinski definition) is 0. The van der Waals surface area contributed by atoms with Crippen LogP contribution < -0.4 is 4.74 Å². The minimum absolute atomic E-state index is 0.0791. The number of benzene rings is 3. The van der Waals surface area contributed by atoms with Crippen molar-refractivity contribution >= 4 is 17.6 Å². The fourth-order valence-electron chi connectivity index (χ4n) is 3.86. The molecule has 0 spiro atoms. The third-order valence-corrected chi connectivity index (χ3v) is 5.38. The third-order valence-electron chi connectivity index (χ3n) is 5.38. The summed E-state index contributed by atoms with van der Waals surface area (Å²) < 4.78 is 25.0. The summed E-state index contributed by atoms with van der Waals surface area (Å²) in [4.78, 5) is 38.0. The fourth-order valence-corrected chi connectivity index (χ4v) is 3.86. The Hall–Kier alpha value is -4.27. The molecule has 3 aromatic carbocycles. The van der Waals surface area contributed by atoms with Crippen molar-refractivity contribution in [2.75, 3.05) is 7.11 Å². The van der Waals surface area contributed by atoms with E-state index >= 15 is 0 Å². The number of hydrogen-bond acceptors (Lipinski definition) is 6.